The van der Waals surface area contributed by atoms with Crippen LogP contribution in [0.2, 0.25) is 0 Å². The van der Waals surface area contributed by atoms with Crippen LogP contribution in [0.15, 0.2) is 47.5 Å². The number of anilines is 2. The summed E-state index contributed by atoms with van der Waals surface area (Å²) >= 11 is 0. The Kier molecular flexibility index (Phi) is 7.73. The van der Waals surface area contributed by atoms with E-state index in [0.717, 1.165) is 5.56 Å². The zero-order valence-electron chi connectivity index (χ0n) is 20.0. The molecule has 0 saturated heterocycles. The number of fused-ring (bicyclic) bond motifs is 1. The third-order valence-electron chi connectivity index (χ3n) is 5.56. The first-order valence-electron chi connectivity index (χ1n) is 10.9. The summed E-state index contributed by atoms with van der Waals surface area (Å²) < 4.78 is 30.7. The molecule has 0 spiro atoms. The summed E-state index contributed by atoms with van der Waals surface area (Å²) in [6.07, 6.45) is 1.72. The lowest BCUT2D eigenvalue weighted by Crippen LogP contribution is -2.35. The topological polar surface area (TPSA) is 108 Å². The number of hydrogen-bond acceptors (Lipinski definition) is 7. The molecular weight excluding hydrogens is 456 g/mol. The van der Waals surface area contributed by atoms with Gasteiger partial charge < -0.3 is 15.0 Å². The van der Waals surface area contributed by atoms with Gasteiger partial charge in [0, 0.05) is 24.5 Å². The lowest BCUT2D eigenvalue weighted by atomic mass is 9.93. The van der Waals surface area contributed by atoms with Gasteiger partial charge in [-0.25, -0.2) is 13.2 Å². The van der Waals surface area contributed by atoms with Gasteiger partial charge in [-0.1, -0.05) is 13.0 Å². The lowest BCUT2D eigenvalue weighted by molar-refractivity contribution is -0.115. The number of ether oxygens (including phenoxy) is 1. The molecule has 34 heavy (non-hydrogen) atoms. The molecule has 1 aliphatic heterocycles. The quantitative estimate of drug-likeness (QED) is 0.431. The van der Waals surface area contributed by atoms with Crippen molar-refractivity contribution in [2.24, 2.45) is 4.99 Å². The Hall–Kier alpha value is -3.24. The first kappa shape index (κ1) is 25.4. The van der Waals surface area contributed by atoms with E-state index in [-0.39, 0.29) is 5.91 Å². The highest BCUT2D eigenvalue weighted by Crippen LogP contribution is 2.36. The minimum Gasteiger partial charge on any atom is -0.465 e. The number of carbonyl (C=O) groups is 2. The van der Waals surface area contributed by atoms with E-state index >= 15 is 0 Å². The van der Waals surface area contributed by atoms with Crippen LogP contribution in [0.5, 0.6) is 0 Å². The molecule has 0 aromatic heterocycles. The molecule has 0 aliphatic carbocycles. The summed E-state index contributed by atoms with van der Waals surface area (Å²) in [5, 5.41) is 2.83. The Bertz CT molecular complexity index is 1210. The van der Waals surface area contributed by atoms with Crippen LogP contribution in [0.1, 0.15) is 35.2 Å². The number of sulfonamides is 1. The van der Waals surface area contributed by atoms with Crippen LogP contribution in [-0.2, 0) is 19.6 Å². The van der Waals surface area contributed by atoms with Crippen molar-refractivity contribution in [1.82, 2.24) is 4.90 Å². The van der Waals surface area contributed by atoms with Crippen molar-refractivity contribution in [3.8, 4) is 0 Å². The van der Waals surface area contributed by atoms with Gasteiger partial charge in [0.1, 0.15) is 5.92 Å². The number of nitrogens with one attached hydrogen (secondary N) is 1. The number of benzene rings is 2. The summed E-state index contributed by atoms with van der Waals surface area (Å²) in [7, 11) is 1.65. The van der Waals surface area contributed by atoms with Gasteiger partial charge in [-0.15, -0.1) is 0 Å². The van der Waals surface area contributed by atoms with Gasteiger partial charge in [0.15, 0.2) is 0 Å². The molecule has 0 radical (unpaired) electrons. The van der Waals surface area contributed by atoms with Crippen molar-refractivity contribution in [3.05, 3.63) is 53.6 Å². The number of amides is 1. The molecule has 0 fully saturated rings. The van der Waals surface area contributed by atoms with Gasteiger partial charge in [0.05, 0.1) is 30.3 Å². The minimum absolute atomic E-state index is 0.207. The van der Waals surface area contributed by atoms with Gasteiger partial charge in [-0.2, -0.15) is 0 Å². The van der Waals surface area contributed by atoms with Gasteiger partial charge in [0.2, 0.25) is 15.9 Å². The Morgan fingerprint density at radius 3 is 2.35 bits per heavy atom. The average Bonchev–Trinajstić information content (AvgIpc) is 3.11. The SMILES string of the molecule is CCC(=Nc1ccc(N(CCN(C)C)S(C)(=O)=O)cc1)C1C(=O)Nc2cc(C(=O)OC)ccc21. The molecule has 1 aliphatic rings. The number of carbonyl (C=O) groups excluding carboxylic acids is 2. The van der Waals surface area contributed by atoms with Crippen molar-refractivity contribution in [2.75, 3.05) is 50.2 Å². The molecule has 1 heterocycles. The predicted octanol–water partition coefficient (Wildman–Crippen LogP) is 3.02. The van der Waals surface area contributed by atoms with E-state index in [1.54, 1.807) is 42.5 Å². The van der Waals surface area contributed by atoms with Crippen LogP contribution in [0.4, 0.5) is 17.1 Å². The summed E-state index contributed by atoms with van der Waals surface area (Å²) in [5.74, 6) is -1.25. The second-order valence-corrected chi connectivity index (χ2v) is 10.2. The van der Waals surface area contributed by atoms with E-state index in [0.29, 0.717) is 47.8 Å². The summed E-state index contributed by atoms with van der Waals surface area (Å²) in [4.78, 5) is 31.2. The van der Waals surface area contributed by atoms with Crippen molar-refractivity contribution >= 4 is 44.7 Å². The highest BCUT2D eigenvalue weighted by Gasteiger charge is 2.34. The van der Waals surface area contributed by atoms with Crippen molar-refractivity contribution in [3.63, 3.8) is 0 Å². The van der Waals surface area contributed by atoms with E-state index in [1.807, 2.05) is 25.9 Å². The Balaban J connectivity index is 1.89. The Morgan fingerprint density at radius 1 is 1.12 bits per heavy atom. The largest absolute Gasteiger partial charge is 0.465 e. The third-order valence-corrected chi connectivity index (χ3v) is 6.76. The van der Waals surface area contributed by atoms with Crippen molar-refractivity contribution in [1.29, 1.82) is 0 Å². The minimum atomic E-state index is -3.43. The maximum Gasteiger partial charge on any atom is 0.337 e. The molecule has 1 atom stereocenters. The maximum atomic E-state index is 12.8. The summed E-state index contributed by atoms with van der Waals surface area (Å²) in [5.41, 5.74) is 3.52. The average molecular weight is 487 g/mol. The molecule has 1 N–H and O–H groups in total. The fraction of sp³-hybridized carbons (Fsp3) is 0.375. The third kappa shape index (κ3) is 5.63. The first-order valence-corrected chi connectivity index (χ1v) is 12.7. The molecule has 2 aromatic rings. The fourth-order valence-electron chi connectivity index (χ4n) is 3.82. The molecule has 3 rings (SSSR count). The van der Waals surface area contributed by atoms with Crippen molar-refractivity contribution in [2.45, 2.75) is 19.3 Å². The van der Waals surface area contributed by atoms with E-state index in [2.05, 4.69) is 5.32 Å². The van der Waals surface area contributed by atoms with Crippen LogP contribution >= 0.6 is 0 Å². The van der Waals surface area contributed by atoms with Crippen LogP contribution in [0.3, 0.4) is 0 Å². The van der Waals surface area contributed by atoms with Gasteiger partial charge in [0.25, 0.3) is 0 Å². The molecule has 1 amide bonds. The second kappa shape index (κ2) is 10.4. The monoisotopic (exact) mass is 486 g/mol. The molecule has 10 heteroatoms. The number of esters is 1. The number of aliphatic imine (C=N–C) groups is 1. The smallest absolute Gasteiger partial charge is 0.337 e. The molecule has 0 bridgehead atoms. The second-order valence-electron chi connectivity index (χ2n) is 8.33. The van der Waals surface area contributed by atoms with Gasteiger partial charge in [-0.3, -0.25) is 14.1 Å². The molecule has 1 unspecified atom stereocenters. The highest BCUT2D eigenvalue weighted by molar-refractivity contribution is 7.92. The number of likely N-dealkylation sites (N-methyl/N-ethyl adjacent to an activating group) is 1. The van der Waals surface area contributed by atoms with Gasteiger partial charge in [-0.05, 0) is 62.5 Å². The Labute approximate surface area is 200 Å². The van der Waals surface area contributed by atoms with Crippen molar-refractivity contribution < 1.29 is 22.7 Å². The Morgan fingerprint density at radius 2 is 1.79 bits per heavy atom. The zero-order valence-corrected chi connectivity index (χ0v) is 20.8. The molecular formula is C24H30N4O5S. The predicted molar refractivity (Wildman–Crippen MR) is 134 cm³/mol. The van der Waals surface area contributed by atoms with Crippen LogP contribution in [0.25, 0.3) is 0 Å². The number of methoxy groups -OCH3 is 1. The number of rotatable bonds is 9. The highest BCUT2D eigenvalue weighted by atomic mass is 32.2. The fourth-order valence-corrected chi connectivity index (χ4v) is 4.74. The van der Waals surface area contributed by atoms with Crippen LogP contribution < -0.4 is 9.62 Å². The van der Waals surface area contributed by atoms with E-state index in [9.17, 15) is 18.0 Å². The molecule has 9 nitrogen and oxygen atoms in total. The van der Waals surface area contributed by atoms with E-state index in [4.69, 9.17) is 9.73 Å². The summed E-state index contributed by atoms with van der Waals surface area (Å²) in [6.45, 7) is 2.84. The molecule has 2 aromatic carbocycles. The lowest BCUT2D eigenvalue weighted by Gasteiger charge is -2.24. The normalized spacial score (nSPS) is 15.8. The number of nitrogens with zero attached hydrogens (tertiary/aromatic N) is 3. The molecule has 182 valence electrons. The first-order chi connectivity index (χ1) is 16.0. The summed E-state index contributed by atoms with van der Waals surface area (Å²) in [6, 6.07) is 11.9. The zero-order chi connectivity index (χ0) is 25.0. The maximum absolute atomic E-state index is 12.8. The standard InChI is InChI=1S/C24H30N4O5S/c1-6-20(22-19-12-7-16(24(30)33-4)15-21(19)26-23(22)29)25-17-8-10-18(11-9-17)28(34(5,31)32)14-13-27(2)3/h7-12,15,22H,6,13-14H2,1-5H3,(H,26,29). The number of hydrogen-bond donors (Lipinski definition) is 1. The van der Waals surface area contributed by atoms with Crippen LogP contribution in [0, 0.1) is 0 Å². The van der Waals surface area contributed by atoms with E-state index in [1.165, 1.54) is 17.7 Å². The van der Waals surface area contributed by atoms with E-state index < -0.39 is 21.9 Å². The van der Waals surface area contributed by atoms with Gasteiger partial charge >= 0.3 is 5.97 Å². The molecule has 0 saturated carbocycles. The van der Waals surface area contributed by atoms with Crippen LogP contribution in [-0.4, -0.2) is 71.5 Å².